The van der Waals surface area contributed by atoms with Crippen molar-refractivity contribution in [2.75, 3.05) is 0 Å². The van der Waals surface area contributed by atoms with Crippen LogP contribution in [-0.4, -0.2) is 46.7 Å². The predicted molar refractivity (Wildman–Crippen MR) is 102 cm³/mol. The largest absolute Gasteiger partial charge is 0.461 e. The number of epoxide rings is 1. The highest BCUT2D eigenvalue weighted by molar-refractivity contribution is 5.89. The van der Waals surface area contributed by atoms with Gasteiger partial charge in [0.15, 0.2) is 12.4 Å². The van der Waals surface area contributed by atoms with Crippen molar-refractivity contribution in [3.8, 4) is 0 Å². The van der Waals surface area contributed by atoms with Crippen LogP contribution in [0.5, 0.6) is 0 Å². The van der Waals surface area contributed by atoms with Crippen LogP contribution in [0.2, 0.25) is 0 Å². The molecule has 4 heterocycles. The van der Waals surface area contributed by atoms with E-state index in [9.17, 15) is 19.5 Å². The van der Waals surface area contributed by atoms with Crippen LogP contribution in [-0.2, 0) is 30.2 Å². The first-order valence-corrected chi connectivity index (χ1v) is 9.78. The molecule has 1 N–H and O–H groups in total. The van der Waals surface area contributed by atoms with Crippen molar-refractivity contribution >= 4 is 18.2 Å². The Hall–Kier alpha value is -2.71. The van der Waals surface area contributed by atoms with E-state index in [4.69, 9.17) is 18.6 Å². The normalized spacial score (nSPS) is 38.2. The monoisotopic (exact) mass is 416 g/mol. The molecule has 8 heteroatoms. The number of ether oxygens (including phenoxy) is 3. The van der Waals surface area contributed by atoms with Crippen LogP contribution in [0.1, 0.15) is 55.2 Å². The molecule has 160 valence electrons. The molecule has 1 aromatic heterocycles. The Morgan fingerprint density at radius 3 is 2.73 bits per heavy atom. The van der Waals surface area contributed by atoms with Gasteiger partial charge in [-0.25, -0.2) is 4.79 Å². The zero-order valence-corrected chi connectivity index (χ0v) is 17.0. The van der Waals surface area contributed by atoms with Crippen LogP contribution < -0.4 is 0 Å². The van der Waals surface area contributed by atoms with Gasteiger partial charge in [-0.05, 0) is 26.0 Å². The van der Waals surface area contributed by atoms with Crippen molar-refractivity contribution in [2.45, 2.75) is 63.1 Å². The number of hydrogen-bond donors (Lipinski definition) is 1. The highest BCUT2D eigenvalue weighted by atomic mass is 16.7. The third kappa shape index (κ3) is 3.30. The van der Waals surface area contributed by atoms with E-state index in [1.54, 1.807) is 6.08 Å². The number of esters is 2. The molecule has 3 aliphatic heterocycles. The van der Waals surface area contributed by atoms with E-state index in [0.717, 1.165) is 5.57 Å². The Bertz CT molecular complexity index is 954. The van der Waals surface area contributed by atoms with Crippen molar-refractivity contribution in [2.24, 2.45) is 5.92 Å². The second kappa shape index (κ2) is 6.92. The summed E-state index contributed by atoms with van der Waals surface area (Å²) in [5.41, 5.74) is -1.74. The first-order valence-electron chi connectivity index (χ1n) is 9.78. The number of fused-ring (bicyclic) bond motifs is 2. The van der Waals surface area contributed by atoms with Crippen molar-refractivity contribution < 1.29 is 38.1 Å². The third-order valence-corrected chi connectivity index (χ3v) is 5.93. The van der Waals surface area contributed by atoms with Gasteiger partial charge in [-0.1, -0.05) is 18.2 Å². The summed E-state index contributed by atoms with van der Waals surface area (Å²) in [6, 6.07) is 1.47. The second-order valence-corrected chi connectivity index (χ2v) is 8.49. The fourth-order valence-electron chi connectivity index (χ4n) is 4.22. The molecule has 0 spiro atoms. The Morgan fingerprint density at radius 1 is 1.40 bits per heavy atom. The second-order valence-electron chi connectivity index (χ2n) is 8.49. The minimum Gasteiger partial charge on any atom is -0.461 e. The van der Waals surface area contributed by atoms with Crippen LogP contribution in [0.4, 0.5) is 0 Å². The van der Waals surface area contributed by atoms with Crippen LogP contribution >= 0.6 is 0 Å². The first kappa shape index (κ1) is 20.6. The van der Waals surface area contributed by atoms with Gasteiger partial charge in [0, 0.05) is 25.7 Å². The van der Waals surface area contributed by atoms with Gasteiger partial charge in [0.25, 0.3) is 0 Å². The lowest BCUT2D eigenvalue weighted by Gasteiger charge is -2.32. The van der Waals surface area contributed by atoms with Gasteiger partial charge in [-0.2, -0.15) is 0 Å². The standard InChI is InChI=1S/C22H24O8/c1-11(2)13-5-6-22-19(30-22)17(29-20(22)25)9-21(4,26)18(27-12(3)24)16-8-14(10-23)15(7-13)28-16/h5-6,8,10,13,17-19,26H,1,7,9H2,2-4H3/b6-5+/t13-,17+,18+,19+,21+,22+/m1/s1. The van der Waals surface area contributed by atoms with Crippen molar-refractivity contribution in [1.29, 1.82) is 0 Å². The number of carbonyl (C=O) groups is 3. The van der Waals surface area contributed by atoms with E-state index < -0.39 is 41.5 Å². The average Bonchev–Trinajstić information content (AvgIpc) is 3.17. The molecule has 2 saturated heterocycles. The molecule has 3 aliphatic rings. The van der Waals surface area contributed by atoms with Gasteiger partial charge in [-0.3, -0.25) is 9.59 Å². The van der Waals surface area contributed by atoms with Crippen LogP contribution in [0.3, 0.4) is 0 Å². The van der Waals surface area contributed by atoms with Gasteiger partial charge in [0.05, 0.1) is 5.56 Å². The number of carbonyl (C=O) groups excluding carboxylic acids is 3. The Labute approximate surface area is 173 Å². The lowest BCUT2D eigenvalue weighted by atomic mass is 9.87. The molecule has 0 aliphatic carbocycles. The van der Waals surface area contributed by atoms with Crippen LogP contribution in [0.15, 0.2) is 34.8 Å². The van der Waals surface area contributed by atoms with Gasteiger partial charge >= 0.3 is 11.9 Å². The number of aldehydes is 1. The SMILES string of the molecule is C=C(C)[C@@H]1/C=C/[C@]23O[C@H]2[C@H](C[C@](C)(O)[C@@H](OC(C)=O)c2cc(C=O)c(o2)C1)OC3=O. The van der Waals surface area contributed by atoms with E-state index in [0.29, 0.717) is 24.0 Å². The number of furan rings is 1. The molecule has 4 bridgehead atoms. The summed E-state index contributed by atoms with van der Waals surface area (Å²) in [7, 11) is 0. The number of allylic oxidation sites excluding steroid dienone is 2. The molecular formula is C22H24O8. The average molecular weight is 416 g/mol. The minimum atomic E-state index is -1.65. The molecule has 0 radical (unpaired) electrons. The molecule has 0 aromatic carbocycles. The van der Waals surface area contributed by atoms with E-state index in [1.165, 1.54) is 19.9 Å². The highest BCUT2D eigenvalue weighted by Crippen LogP contribution is 2.51. The zero-order chi connectivity index (χ0) is 21.8. The van der Waals surface area contributed by atoms with Gasteiger partial charge in [0.1, 0.15) is 29.3 Å². The van der Waals surface area contributed by atoms with Gasteiger partial charge in [-0.15, -0.1) is 0 Å². The molecule has 30 heavy (non-hydrogen) atoms. The highest BCUT2D eigenvalue weighted by Gasteiger charge is 2.72. The van der Waals surface area contributed by atoms with E-state index in [2.05, 4.69) is 6.58 Å². The van der Waals surface area contributed by atoms with E-state index in [1.807, 2.05) is 13.0 Å². The molecule has 2 fully saturated rings. The molecule has 4 rings (SSSR count). The Balaban J connectivity index is 1.83. The fraction of sp³-hybridized carbons (Fsp3) is 0.500. The van der Waals surface area contributed by atoms with Gasteiger partial charge < -0.3 is 23.7 Å². The summed E-state index contributed by atoms with van der Waals surface area (Å²) in [6.45, 7) is 8.51. The molecule has 8 nitrogen and oxygen atoms in total. The zero-order valence-electron chi connectivity index (χ0n) is 17.0. The van der Waals surface area contributed by atoms with Crippen LogP contribution in [0, 0.1) is 5.92 Å². The third-order valence-electron chi connectivity index (χ3n) is 5.93. The molecular weight excluding hydrogens is 392 g/mol. The number of rotatable bonds is 3. The molecule has 6 atom stereocenters. The molecule has 0 amide bonds. The lowest BCUT2D eigenvalue weighted by molar-refractivity contribution is -0.173. The maximum absolute atomic E-state index is 12.5. The maximum Gasteiger partial charge on any atom is 0.345 e. The summed E-state index contributed by atoms with van der Waals surface area (Å²) in [6.07, 6.45) is 1.92. The topological polar surface area (TPSA) is 116 Å². The minimum absolute atomic E-state index is 0.0483. The predicted octanol–water partition coefficient (Wildman–Crippen LogP) is 2.21. The number of hydrogen-bond acceptors (Lipinski definition) is 8. The summed E-state index contributed by atoms with van der Waals surface area (Å²) in [5.74, 6) is -0.858. The van der Waals surface area contributed by atoms with E-state index in [-0.39, 0.29) is 18.1 Å². The summed E-state index contributed by atoms with van der Waals surface area (Å²) in [4.78, 5) is 35.9. The summed E-state index contributed by atoms with van der Waals surface area (Å²) in [5, 5.41) is 11.2. The summed E-state index contributed by atoms with van der Waals surface area (Å²) < 4.78 is 22.4. The smallest absolute Gasteiger partial charge is 0.345 e. The maximum atomic E-state index is 12.5. The Morgan fingerprint density at radius 2 is 2.13 bits per heavy atom. The van der Waals surface area contributed by atoms with Crippen molar-refractivity contribution in [1.82, 2.24) is 0 Å². The fourth-order valence-corrected chi connectivity index (χ4v) is 4.22. The molecule has 1 aromatic rings. The summed E-state index contributed by atoms with van der Waals surface area (Å²) >= 11 is 0. The lowest BCUT2D eigenvalue weighted by Crippen LogP contribution is -2.40. The van der Waals surface area contributed by atoms with E-state index >= 15 is 0 Å². The first-order chi connectivity index (χ1) is 14.1. The molecule has 0 saturated carbocycles. The Kier molecular flexibility index (Phi) is 4.74. The van der Waals surface area contributed by atoms with Crippen molar-refractivity contribution in [3.05, 3.63) is 47.5 Å². The number of aliphatic hydroxyl groups is 1. The van der Waals surface area contributed by atoms with Crippen molar-refractivity contribution in [3.63, 3.8) is 0 Å². The molecule has 0 unspecified atom stereocenters. The van der Waals surface area contributed by atoms with Crippen LogP contribution in [0.25, 0.3) is 0 Å². The quantitative estimate of drug-likeness (QED) is 0.345. The van der Waals surface area contributed by atoms with Gasteiger partial charge in [0.2, 0.25) is 5.60 Å².